The van der Waals surface area contributed by atoms with Crippen LogP contribution in [-0.2, 0) is 6.42 Å². The summed E-state index contributed by atoms with van der Waals surface area (Å²) in [7, 11) is 0. The summed E-state index contributed by atoms with van der Waals surface area (Å²) in [5, 5.41) is 11.9. The lowest BCUT2D eigenvalue weighted by Crippen LogP contribution is -2.16. The van der Waals surface area contributed by atoms with Gasteiger partial charge >= 0.3 is 6.09 Å². The van der Waals surface area contributed by atoms with Crippen molar-refractivity contribution in [3.63, 3.8) is 0 Å². The molecule has 37 heavy (non-hydrogen) atoms. The van der Waals surface area contributed by atoms with Crippen LogP contribution < -0.4 is 15.8 Å². The quantitative estimate of drug-likeness (QED) is 0.255. The van der Waals surface area contributed by atoms with E-state index in [0.29, 0.717) is 11.5 Å². The Hall–Kier alpha value is -4.50. The minimum absolute atomic E-state index is 0.0992. The van der Waals surface area contributed by atoms with Crippen molar-refractivity contribution in [2.75, 3.05) is 11.9 Å². The van der Waals surface area contributed by atoms with E-state index in [2.05, 4.69) is 10.3 Å². The average Bonchev–Trinajstić information content (AvgIpc) is 3.31. The summed E-state index contributed by atoms with van der Waals surface area (Å²) in [6, 6.07) is 20.2. The van der Waals surface area contributed by atoms with Crippen LogP contribution in [0, 0.1) is 0 Å². The Balaban J connectivity index is 1.52. The fraction of sp³-hybridized carbons (Fsp3) is 0.214. The number of benzene rings is 2. The Morgan fingerprint density at radius 2 is 1.76 bits per heavy atom. The van der Waals surface area contributed by atoms with Crippen molar-refractivity contribution in [1.82, 2.24) is 14.5 Å². The molecule has 0 atom stereocenters. The third kappa shape index (κ3) is 7.02. The Morgan fingerprint density at radius 1 is 0.946 bits per heavy atom. The van der Waals surface area contributed by atoms with Crippen LogP contribution in [-0.4, -0.2) is 38.2 Å². The summed E-state index contributed by atoms with van der Waals surface area (Å²) >= 11 is 0. The maximum atomic E-state index is 13.2. The molecule has 0 bridgehead atoms. The highest BCUT2D eigenvalue weighted by Gasteiger charge is 2.15. The van der Waals surface area contributed by atoms with Gasteiger partial charge in [0.1, 0.15) is 0 Å². The van der Waals surface area contributed by atoms with Crippen molar-refractivity contribution in [1.29, 1.82) is 0 Å². The van der Waals surface area contributed by atoms with Gasteiger partial charge in [-0.2, -0.15) is 0 Å². The minimum Gasteiger partial charge on any atom is -0.396 e. The summed E-state index contributed by atoms with van der Waals surface area (Å²) in [4.78, 5) is 32.9. The molecule has 0 saturated heterocycles. The first-order valence-corrected chi connectivity index (χ1v) is 12.1. The van der Waals surface area contributed by atoms with Gasteiger partial charge in [0, 0.05) is 41.9 Å². The Kier molecular flexibility index (Phi) is 8.62. The lowest BCUT2D eigenvalue weighted by molar-refractivity contribution is 0.102. The molecule has 4 rings (SSSR count). The van der Waals surface area contributed by atoms with Crippen molar-refractivity contribution in [3.8, 4) is 22.7 Å². The highest BCUT2D eigenvalue weighted by molar-refractivity contribution is 6.04. The van der Waals surface area contributed by atoms with Gasteiger partial charge in [-0.3, -0.25) is 14.7 Å². The SMILES string of the molecule is NC(=O)Oc1ccc(-c2cccc(C(=O)Nc3nc(CCCCCCO)cn3-c3ccccc3)c2)cn1. The number of imidazole rings is 1. The lowest BCUT2D eigenvalue weighted by atomic mass is 10.0. The topological polar surface area (TPSA) is 132 Å². The average molecular weight is 500 g/mol. The molecule has 9 heteroatoms. The van der Waals surface area contributed by atoms with Crippen LogP contribution in [0.1, 0.15) is 41.7 Å². The first kappa shape index (κ1) is 25.6. The van der Waals surface area contributed by atoms with Crippen molar-refractivity contribution < 1.29 is 19.4 Å². The number of primary amides is 1. The van der Waals surface area contributed by atoms with Crippen LogP contribution in [0.3, 0.4) is 0 Å². The number of nitrogens with two attached hydrogens (primary N) is 1. The summed E-state index contributed by atoms with van der Waals surface area (Å²) in [5.74, 6) is 0.254. The number of hydrogen-bond donors (Lipinski definition) is 3. The molecule has 2 heterocycles. The Bertz CT molecular complexity index is 1340. The van der Waals surface area contributed by atoms with E-state index < -0.39 is 6.09 Å². The summed E-state index contributed by atoms with van der Waals surface area (Å²) in [5.41, 5.74) is 8.80. The van der Waals surface area contributed by atoms with Gasteiger partial charge in [0.05, 0.1) is 5.69 Å². The third-order valence-electron chi connectivity index (χ3n) is 5.76. The number of pyridine rings is 1. The van der Waals surface area contributed by atoms with Crippen molar-refractivity contribution in [2.45, 2.75) is 32.1 Å². The number of aliphatic hydroxyl groups excluding tert-OH is 1. The number of aromatic nitrogens is 3. The second-order valence-corrected chi connectivity index (χ2v) is 8.49. The molecule has 0 spiro atoms. The fourth-order valence-electron chi connectivity index (χ4n) is 3.92. The summed E-state index contributed by atoms with van der Waals surface area (Å²) < 4.78 is 6.65. The van der Waals surface area contributed by atoms with Gasteiger partial charge in [-0.1, -0.05) is 43.2 Å². The van der Waals surface area contributed by atoms with Crippen molar-refractivity contribution >= 4 is 17.9 Å². The molecule has 2 amide bonds. The number of carbonyl (C=O) groups is 2. The molecule has 0 saturated carbocycles. The van der Waals surface area contributed by atoms with E-state index in [1.165, 1.54) is 6.07 Å². The van der Waals surface area contributed by atoms with Crippen LogP contribution in [0.4, 0.5) is 10.7 Å². The number of anilines is 1. The van der Waals surface area contributed by atoms with Gasteiger partial charge in [-0.05, 0) is 55.2 Å². The summed E-state index contributed by atoms with van der Waals surface area (Å²) in [6.07, 6.45) is 7.10. The van der Waals surface area contributed by atoms with E-state index in [1.54, 1.807) is 30.5 Å². The molecule has 0 radical (unpaired) electrons. The van der Waals surface area contributed by atoms with Crippen molar-refractivity contribution in [2.24, 2.45) is 5.73 Å². The highest BCUT2D eigenvalue weighted by Crippen LogP contribution is 2.23. The van der Waals surface area contributed by atoms with Gasteiger partial charge in [-0.15, -0.1) is 0 Å². The van der Waals surface area contributed by atoms with Gasteiger partial charge < -0.3 is 15.6 Å². The lowest BCUT2D eigenvalue weighted by Gasteiger charge is -2.10. The van der Waals surface area contributed by atoms with Crippen LogP contribution in [0.25, 0.3) is 16.8 Å². The Morgan fingerprint density at radius 3 is 2.49 bits per heavy atom. The maximum Gasteiger partial charge on any atom is 0.411 e. The van der Waals surface area contributed by atoms with Gasteiger partial charge in [0.15, 0.2) is 0 Å². The molecule has 4 aromatic rings. The zero-order valence-electron chi connectivity index (χ0n) is 20.3. The van der Waals surface area contributed by atoms with Crippen LogP contribution >= 0.6 is 0 Å². The number of carbonyl (C=O) groups excluding carboxylic acids is 2. The fourth-order valence-corrected chi connectivity index (χ4v) is 3.92. The molecule has 9 nitrogen and oxygen atoms in total. The number of amides is 2. The maximum absolute atomic E-state index is 13.2. The number of unbranched alkanes of at least 4 members (excludes halogenated alkanes) is 3. The standard InChI is InChI=1S/C28H29N5O4/c29-27(36)37-25-15-14-22(18-30-25)20-9-8-10-21(17-20)26(35)32-28-31-23(11-4-1-2-7-16-34)19-33(28)24-12-5-3-6-13-24/h3,5-6,8-10,12-15,17-19,34H,1-2,4,7,11,16H2,(H2,29,36)(H,31,32,35). The zero-order valence-corrected chi connectivity index (χ0v) is 20.3. The molecular weight excluding hydrogens is 470 g/mol. The predicted octanol–water partition coefficient (Wildman–Crippen LogP) is 4.74. The third-order valence-corrected chi connectivity index (χ3v) is 5.76. The minimum atomic E-state index is -0.933. The second kappa shape index (κ2) is 12.5. The molecule has 2 aromatic carbocycles. The molecule has 0 unspecified atom stereocenters. The first-order valence-electron chi connectivity index (χ1n) is 12.1. The van der Waals surface area contributed by atoms with Crippen LogP contribution in [0.15, 0.2) is 79.1 Å². The van der Waals surface area contributed by atoms with Gasteiger partial charge in [0.2, 0.25) is 11.8 Å². The van der Waals surface area contributed by atoms with Crippen LogP contribution in [0.5, 0.6) is 5.88 Å². The molecular formula is C28H29N5O4. The normalized spacial score (nSPS) is 10.7. The molecule has 0 aliphatic carbocycles. The van der Waals surface area contributed by atoms with E-state index in [9.17, 15) is 9.59 Å². The highest BCUT2D eigenvalue weighted by atomic mass is 16.6. The molecule has 0 aliphatic heterocycles. The van der Waals surface area contributed by atoms with E-state index in [-0.39, 0.29) is 18.4 Å². The number of ether oxygens (including phenoxy) is 1. The number of nitrogens with one attached hydrogen (secondary N) is 1. The van der Waals surface area contributed by atoms with Gasteiger partial charge in [0.25, 0.3) is 5.91 Å². The predicted molar refractivity (Wildman–Crippen MR) is 141 cm³/mol. The van der Waals surface area contributed by atoms with Crippen molar-refractivity contribution in [3.05, 3.63) is 90.4 Å². The molecule has 0 aliphatic rings. The number of para-hydroxylation sites is 1. The second-order valence-electron chi connectivity index (χ2n) is 8.49. The molecule has 190 valence electrons. The molecule has 2 aromatic heterocycles. The first-order chi connectivity index (χ1) is 18.0. The number of aliphatic hydroxyl groups is 1. The number of nitrogens with zero attached hydrogens (tertiary/aromatic N) is 3. The van der Waals surface area contributed by atoms with E-state index >= 15 is 0 Å². The van der Waals surface area contributed by atoms with Crippen LogP contribution in [0.2, 0.25) is 0 Å². The van der Waals surface area contributed by atoms with Gasteiger partial charge in [-0.25, -0.2) is 14.8 Å². The number of rotatable bonds is 11. The molecule has 4 N–H and O–H groups in total. The van der Waals surface area contributed by atoms with E-state index in [0.717, 1.165) is 54.6 Å². The monoisotopic (exact) mass is 499 g/mol. The largest absolute Gasteiger partial charge is 0.411 e. The summed E-state index contributed by atoms with van der Waals surface area (Å²) in [6.45, 7) is 0.214. The zero-order chi connectivity index (χ0) is 26.0. The van der Waals surface area contributed by atoms with E-state index in [1.807, 2.05) is 47.2 Å². The smallest absolute Gasteiger partial charge is 0.396 e. The van der Waals surface area contributed by atoms with E-state index in [4.69, 9.17) is 20.6 Å². The Labute approximate surface area is 215 Å². The number of hydrogen-bond acceptors (Lipinski definition) is 6. The molecule has 0 fully saturated rings. The number of aryl methyl sites for hydroxylation is 1.